The normalized spacial score (nSPS) is 12.3. The van der Waals surface area contributed by atoms with Crippen molar-refractivity contribution in [2.45, 2.75) is 38.9 Å². The lowest BCUT2D eigenvalue weighted by molar-refractivity contribution is -0.119. The molecule has 0 spiro atoms. The number of halogens is 1. The summed E-state index contributed by atoms with van der Waals surface area (Å²) in [7, 11) is 0. The predicted octanol–water partition coefficient (Wildman–Crippen LogP) is 4.60. The number of benzene rings is 2. The molecule has 0 bridgehead atoms. The molecule has 0 fully saturated rings. The van der Waals surface area contributed by atoms with E-state index < -0.39 is 0 Å². The summed E-state index contributed by atoms with van der Waals surface area (Å²) in [6.07, 6.45) is 0. The summed E-state index contributed by atoms with van der Waals surface area (Å²) in [4.78, 5) is 30.3. The van der Waals surface area contributed by atoms with Crippen LogP contribution in [0.2, 0.25) is 5.02 Å². The van der Waals surface area contributed by atoms with E-state index in [0.717, 1.165) is 11.3 Å². The predicted molar refractivity (Wildman–Crippen MR) is 120 cm³/mol. The Hall–Kier alpha value is -2.31. The Labute approximate surface area is 179 Å². The van der Waals surface area contributed by atoms with E-state index in [9.17, 15) is 9.59 Å². The number of para-hydroxylation sites is 1. The van der Waals surface area contributed by atoms with Crippen molar-refractivity contribution in [3.63, 3.8) is 0 Å². The third kappa shape index (κ3) is 4.82. The highest BCUT2D eigenvalue weighted by atomic mass is 35.5. The molecular formula is C22H24ClN3O2S. The summed E-state index contributed by atoms with van der Waals surface area (Å²) in [5.74, 6) is 0.421. The van der Waals surface area contributed by atoms with Crippen LogP contribution >= 0.6 is 23.4 Å². The molecule has 0 aliphatic rings. The minimum atomic E-state index is -0.181. The topological polar surface area (TPSA) is 64.0 Å². The van der Waals surface area contributed by atoms with Crippen molar-refractivity contribution in [1.82, 2.24) is 14.9 Å². The van der Waals surface area contributed by atoms with Gasteiger partial charge >= 0.3 is 0 Å². The van der Waals surface area contributed by atoms with Gasteiger partial charge in [0.15, 0.2) is 5.16 Å². The molecule has 0 radical (unpaired) electrons. The SMILES string of the molecule is Cc1ccccc1-n1c(SCC(=O)NC(C)C(C)C)nc2cc(Cl)ccc2c1=O. The van der Waals surface area contributed by atoms with E-state index in [1.807, 2.05) is 38.1 Å². The number of aryl methyl sites for hydroxylation is 1. The summed E-state index contributed by atoms with van der Waals surface area (Å²) in [5, 5.41) is 4.45. The lowest BCUT2D eigenvalue weighted by Crippen LogP contribution is -2.37. The van der Waals surface area contributed by atoms with Crippen LogP contribution in [-0.2, 0) is 4.79 Å². The standard InChI is InChI=1S/C22H24ClN3O2S/c1-13(2)15(4)24-20(27)12-29-22-25-18-11-16(23)9-10-17(18)21(28)26(22)19-8-6-5-7-14(19)3/h5-11,13,15H,12H2,1-4H3,(H,24,27). The zero-order valence-corrected chi connectivity index (χ0v) is 18.5. The Bertz CT molecular complexity index is 1110. The molecule has 1 amide bonds. The van der Waals surface area contributed by atoms with Crippen molar-refractivity contribution < 1.29 is 4.79 Å². The van der Waals surface area contributed by atoms with E-state index in [0.29, 0.717) is 27.0 Å². The monoisotopic (exact) mass is 429 g/mol. The van der Waals surface area contributed by atoms with Gasteiger partial charge in [-0.2, -0.15) is 0 Å². The number of nitrogens with zero attached hydrogens (tertiary/aromatic N) is 2. The Kier molecular flexibility index (Phi) is 6.65. The molecule has 0 saturated heterocycles. The summed E-state index contributed by atoms with van der Waals surface area (Å²) in [6, 6.07) is 12.7. The molecule has 5 nitrogen and oxygen atoms in total. The van der Waals surface area contributed by atoms with Crippen LogP contribution in [-0.4, -0.2) is 27.3 Å². The molecule has 1 N–H and O–H groups in total. The molecule has 3 rings (SSSR count). The quantitative estimate of drug-likeness (QED) is 0.459. The first-order valence-corrected chi connectivity index (χ1v) is 10.8. The Morgan fingerprint density at radius 1 is 1.21 bits per heavy atom. The highest BCUT2D eigenvalue weighted by Crippen LogP contribution is 2.24. The number of rotatable bonds is 6. The number of carbonyl (C=O) groups is 1. The number of hydrogen-bond acceptors (Lipinski definition) is 4. The lowest BCUT2D eigenvalue weighted by Gasteiger charge is -2.18. The summed E-state index contributed by atoms with van der Waals surface area (Å²) >= 11 is 7.34. The summed E-state index contributed by atoms with van der Waals surface area (Å²) in [5.41, 5.74) is 2.04. The first-order valence-electron chi connectivity index (χ1n) is 9.48. The van der Waals surface area contributed by atoms with Crippen molar-refractivity contribution in [2.24, 2.45) is 5.92 Å². The second-order valence-corrected chi connectivity index (χ2v) is 8.75. The zero-order chi connectivity index (χ0) is 21.1. The number of thioether (sulfide) groups is 1. The molecule has 0 saturated carbocycles. The third-order valence-electron chi connectivity index (χ3n) is 4.88. The fourth-order valence-electron chi connectivity index (χ4n) is 2.85. The molecule has 1 aromatic heterocycles. The van der Waals surface area contributed by atoms with E-state index in [-0.39, 0.29) is 23.3 Å². The van der Waals surface area contributed by atoms with Crippen LogP contribution in [0.25, 0.3) is 16.6 Å². The molecule has 1 atom stereocenters. The highest BCUT2D eigenvalue weighted by Gasteiger charge is 2.17. The van der Waals surface area contributed by atoms with Gasteiger partial charge in [0.2, 0.25) is 5.91 Å². The first kappa shape index (κ1) is 21.4. The Morgan fingerprint density at radius 3 is 2.62 bits per heavy atom. The molecule has 2 aromatic carbocycles. The minimum Gasteiger partial charge on any atom is -0.353 e. The minimum absolute atomic E-state index is 0.0741. The number of fused-ring (bicyclic) bond motifs is 1. The van der Waals surface area contributed by atoms with Gasteiger partial charge in [-0.25, -0.2) is 4.98 Å². The van der Waals surface area contributed by atoms with Crippen LogP contribution in [0.3, 0.4) is 0 Å². The molecule has 1 unspecified atom stereocenters. The van der Waals surface area contributed by atoms with Crippen LogP contribution in [0.4, 0.5) is 0 Å². The van der Waals surface area contributed by atoms with Crippen LogP contribution in [0.1, 0.15) is 26.3 Å². The van der Waals surface area contributed by atoms with Crippen molar-refractivity contribution >= 4 is 40.2 Å². The zero-order valence-electron chi connectivity index (χ0n) is 16.9. The number of amides is 1. The molecule has 3 aromatic rings. The van der Waals surface area contributed by atoms with E-state index in [2.05, 4.69) is 24.1 Å². The Balaban J connectivity index is 2.05. The van der Waals surface area contributed by atoms with Crippen LogP contribution in [0.5, 0.6) is 0 Å². The van der Waals surface area contributed by atoms with Crippen LogP contribution in [0, 0.1) is 12.8 Å². The average Bonchev–Trinajstić information content (AvgIpc) is 2.67. The average molecular weight is 430 g/mol. The van der Waals surface area contributed by atoms with Gasteiger partial charge in [-0.05, 0) is 49.6 Å². The largest absolute Gasteiger partial charge is 0.353 e. The fraction of sp³-hybridized carbons (Fsp3) is 0.318. The van der Waals surface area contributed by atoms with E-state index in [4.69, 9.17) is 11.6 Å². The maximum atomic E-state index is 13.3. The molecule has 152 valence electrons. The third-order valence-corrected chi connectivity index (χ3v) is 6.05. The summed E-state index contributed by atoms with van der Waals surface area (Å²) < 4.78 is 1.58. The van der Waals surface area contributed by atoms with E-state index in [1.54, 1.807) is 22.8 Å². The van der Waals surface area contributed by atoms with Crippen molar-refractivity contribution in [2.75, 3.05) is 5.75 Å². The molecule has 29 heavy (non-hydrogen) atoms. The molecule has 0 aliphatic carbocycles. The smallest absolute Gasteiger partial charge is 0.266 e. The van der Waals surface area contributed by atoms with Gasteiger partial charge in [-0.3, -0.25) is 14.2 Å². The molecule has 1 heterocycles. The summed E-state index contributed by atoms with van der Waals surface area (Å²) in [6.45, 7) is 8.04. The van der Waals surface area contributed by atoms with Crippen LogP contribution < -0.4 is 10.9 Å². The number of hydrogen-bond donors (Lipinski definition) is 1. The second kappa shape index (κ2) is 9.01. The van der Waals surface area contributed by atoms with Gasteiger partial charge in [0.05, 0.1) is 22.3 Å². The number of aromatic nitrogens is 2. The lowest BCUT2D eigenvalue weighted by atomic mass is 10.1. The first-order chi connectivity index (χ1) is 13.8. The number of nitrogens with one attached hydrogen (secondary N) is 1. The maximum Gasteiger partial charge on any atom is 0.266 e. The van der Waals surface area contributed by atoms with Gasteiger partial charge in [-0.15, -0.1) is 0 Å². The number of carbonyl (C=O) groups excluding carboxylic acids is 1. The van der Waals surface area contributed by atoms with Crippen molar-refractivity contribution in [1.29, 1.82) is 0 Å². The van der Waals surface area contributed by atoms with Gasteiger partial charge in [0.25, 0.3) is 5.56 Å². The maximum absolute atomic E-state index is 13.3. The van der Waals surface area contributed by atoms with Gasteiger partial charge in [0.1, 0.15) is 0 Å². The van der Waals surface area contributed by atoms with E-state index in [1.165, 1.54) is 11.8 Å². The molecule has 7 heteroatoms. The van der Waals surface area contributed by atoms with Crippen molar-refractivity contribution in [3.05, 3.63) is 63.4 Å². The second-order valence-electron chi connectivity index (χ2n) is 7.37. The highest BCUT2D eigenvalue weighted by molar-refractivity contribution is 7.99. The van der Waals surface area contributed by atoms with Gasteiger partial charge < -0.3 is 5.32 Å². The van der Waals surface area contributed by atoms with E-state index >= 15 is 0 Å². The molecule has 0 aliphatic heterocycles. The van der Waals surface area contributed by atoms with Crippen molar-refractivity contribution in [3.8, 4) is 5.69 Å². The molecular weight excluding hydrogens is 406 g/mol. The van der Waals surface area contributed by atoms with Gasteiger partial charge in [0, 0.05) is 11.1 Å². The van der Waals surface area contributed by atoms with Crippen LogP contribution in [0.15, 0.2) is 52.4 Å². The fourth-order valence-corrected chi connectivity index (χ4v) is 3.84. The van der Waals surface area contributed by atoms with Gasteiger partial charge in [-0.1, -0.05) is 55.4 Å². The Morgan fingerprint density at radius 2 is 1.93 bits per heavy atom.